The van der Waals surface area contributed by atoms with Crippen LogP contribution in [-0.4, -0.2) is 62.7 Å². The topological polar surface area (TPSA) is 19.0 Å². The minimum absolute atomic E-state index is 0.265. The molecule has 1 unspecified atom stereocenters. The lowest BCUT2D eigenvalue weighted by atomic mass is 9.93. The molecule has 2 aromatic carbocycles. The van der Waals surface area contributed by atoms with E-state index in [1.165, 1.54) is 23.3 Å². The Morgan fingerprint density at radius 1 is 1.00 bits per heavy atom. The zero-order valence-electron chi connectivity index (χ0n) is 18.2. The molecule has 0 aromatic heterocycles. The van der Waals surface area contributed by atoms with E-state index in [1.807, 2.05) is 18.2 Å². The molecule has 2 aliphatic heterocycles. The summed E-state index contributed by atoms with van der Waals surface area (Å²) in [6.07, 6.45) is 2.16. The molecule has 2 aromatic rings. The van der Waals surface area contributed by atoms with Gasteiger partial charge in [0.1, 0.15) is 11.6 Å². The summed E-state index contributed by atoms with van der Waals surface area (Å²) in [5.74, 6) is 0.341. The van der Waals surface area contributed by atoms with Crippen LogP contribution in [0.25, 0.3) is 0 Å². The first-order valence-corrected chi connectivity index (χ1v) is 11.7. The van der Waals surface area contributed by atoms with E-state index in [2.05, 4.69) is 21.6 Å². The minimum atomic E-state index is -0.265. The van der Waals surface area contributed by atoms with Gasteiger partial charge in [0.2, 0.25) is 0 Å². The van der Waals surface area contributed by atoms with Crippen LogP contribution in [0.5, 0.6) is 5.75 Å². The molecular formula is C24H30Cl2FN3O. The van der Waals surface area contributed by atoms with Crippen LogP contribution < -0.4 is 9.64 Å². The average molecular weight is 466 g/mol. The standard InChI is InChI=1S/C24H30Cl2FN3O/c1-17-20-16-22(26)21(25)14-18(20)6-9-29(17)8-3-7-28-10-12-30(13-11-28)23-5-4-19(27)15-24(23)31-2/h4-5,14-17H,3,6-13H2,1-2H3. The summed E-state index contributed by atoms with van der Waals surface area (Å²) in [7, 11) is 1.59. The SMILES string of the molecule is COc1cc(F)ccc1N1CCN(CCCN2CCc3cc(Cl)c(Cl)cc3C2C)CC1. The molecule has 0 N–H and O–H groups in total. The van der Waals surface area contributed by atoms with Crippen molar-refractivity contribution in [2.75, 3.05) is 57.8 Å². The molecule has 0 amide bonds. The predicted molar refractivity (Wildman–Crippen MR) is 126 cm³/mol. The van der Waals surface area contributed by atoms with Crippen molar-refractivity contribution in [2.24, 2.45) is 0 Å². The van der Waals surface area contributed by atoms with E-state index in [0.29, 0.717) is 21.8 Å². The summed E-state index contributed by atoms with van der Waals surface area (Å²) in [5, 5.41) is 1.29. The first-order valence-electron chi connectivity index (χ1n) is 11.0. The third-order valence-electron chi connectivity index (χ3n) is 6.62. The molecule has 7 heteroatoms. The van der Waals surface area contributed by atoms with Gasteiger partial charge in [0, 0.05) is 44.8 Å². The van der Waals surface area contributed by atoms with Crippen molar-refractivity contribution in [3.8, 4) is 5.75 Å². The van der Waals surface area contributed by atoms with Gasteiger partial charge in [-0.15, -0.1) is 0 Å². The molecule has 0 bridgehead atoms. The fraction of sp³-hybridized carbons (Fsp3) is 0.500. The normalized spacial score (nSPS) is 20.0. The highest BCUT2D eigenvalue weighted by molar-refractivity contribution is 6.42. The number of halogens is 3. The van der Waals surface area contributed by atoms with Gasteiger partial charge in [-0.2, -0.15) is 0 Å². The highest BCUT2D eigenvalue weighted by atomic mass is 35.5. The fourth-order valence-corrected chi connectivity index (χ4v) is 5.15. The van der Waals surface area contributed by atoms with Crippen LogP contribution in [0, 0.1) is 5.82 Å². The average Bonchev–Trinajstić information content (AvgIpc) is 2.77. The predicted octanol–water partition coefficient (Wildman–Crippen LogP) is 5.27. The lowest BCUT2D eigenvalue weighted by Crippen LogP contribution is -2.47. The molecule has 0 radical (unpaired) electrons. The number of nitrogens with zero attached hydrogens (tertiary/aromatic N) is 3. The number of ether oxygens (including phenoxy) is 1. The zero-order valence-corrected chi connectivity index (χ0v) is 19.7. The Balaban J connectivity index is 1.26. The highest BCUT2D eigenvalue weighted by Gasteiger charge is 2.25. The van der Waals surface area contributed by atoms with E-state index in [-0.39, 0.29) is 5.82 Å². The van der Waals surface area contributed by atoms with Crippen LogP contribution in [0.4, 0.5) is 10.1 Å². The molecule has 168 valence electrons. The molecule has 1 saturated heterocycles. The molecule has 2 heterocycles. The van der Waals surface area contributed by atoms with Crippen molar-refractivity contribution in [3.05, 3.63) is 57.3 Å². The molecule has 0 spiro atoms. The number of hydrogen-bond acceptors (Lipinski definition) is 4. The van der Waals surface area contributed by atoms with Crippen LogP contribution in [-0.2, 0) is 6.42 Å². The molecule has 0 aliphatic carbocycles. The van der Waals surface area contributed by atoms with E-state index in [0.717, 1.165) is 64.3 Å². The van der Waals surface area contributed by atoms with Crippen LogP contribution >= 0.6 is 23.2 Å². The van der Waals surface area contributed by atoms with Crippen LogP contribution in [0.2, 0.25) is 10.0 Å². The first kappa shape index (κ1) is 22.7. The number of hydrogen-bond donors (Lipinski definition) is 0. The maximum Gasteiger partial charge on any atom is 0.145 e. The minimum Gasteiger partial charge on any atom is -0.494 e. The van der Waals surface area contributed by atoms with E-state index in [4.69, 9.17) is 27.9 Å². The van der Waals surface area contributed by atoms with Gasteiger partial charge in [-0.1, -0.05) is 23.2 Å². The Kier molecular flexibility index (Phi) is 7.27. The summed E-state index contributed by atoms with van der Waals surface area (Å²) >= 11 is 12.5. The number of rotatable bonds is 6. The van der Waals surface area contributed by atoms with Gasteiger partial charge in [-0.3, -0.25) is 9.80 Å². The van der Waals surface area contributed by atoms with Gasteiger partial charge in [0.15, 0.2) is 0 Å². The van der Waals surface area contributed by atoms with Gasteiger partial charge in [-0.05, 0) is 68.2 Å². The lowest BCUT2D eigenvalue weighted by Gasteiger charge is -2.38. The summed E-state index contributed by atoms with van der Waals surface area (Å²) in [5.41, 5.74) is 3.61. The Hall–Kier alpha value is -1.53. The Labute approximate surface area is 194 Å². The Morgan fingerprint density at radius 2 is 1.74 bits per heavy atom. The quantitative estimate of drug-likeness (QED) is 0.577. The van der Waals surface area contributed by atoms with Crippen LogP contribution in [0.3, 0.4) is 0 Å². The molecule has 4 nitrogen and oxygen atoms in total. The number of anilines is 1. The Morgan fingerprint density at radius 3 is 2.48 bits per heavy atom. The second-order valence-corrected chi connectivity index (χ2v) is 9.24. The van der Waals surface area contributed by atoms with E-state index in [1.54, 1.807) is 7.11 Å². The number of methoxy groups -OCH3 is 1. The Bertz CT molecular complexity index is 918. The number of piperazine rings is 1. The van der Waals surface area contributed by atoms with E-state index in [9.17, 15) is 4.39 Å². The summed E-state index contributed by atoms with van der Waals surface area (Å²) in [4.78, 5) is 7.35. The van der Waals surface area contributed by atoms with E-state index < -0.39 is 0 Å². The highest BCUT2D eigenvalue weighted by Crippen LogP contribution is 2.35. The van der Waals surface area contributed by atoms with Gasteiger partial charge in [-0.25, -0.2) is 4.39 Å². The van der Waals surface area contributed by atoms with Gasteiger partial charge >= 0.3 is 0 Å². The van der Waals surface area contributed by atoms with Crippen LogP contribution in [0.15, 0.2) is 30.3 Å². The fourth-order valence-electron chi connectivity index (χ4n) is 4.79. The monoisotopic (exact) mass is 465 g/mol. The maximum absolute atomic E-state index is 13.5. The first-order chi connectivity index (χ1) is 15.0. The number of benzene rings is 2. The molecule has 4 rings (SSSR count). The van der Waals surface area contributed by atoms with Gasteiger partial charge in [0.25, 0.3) is 0 Å². The molecule has 0 saturated carbocycles. The lowest BCUT2D eigenvalue weighted by molar-refractivity contribution is 0.176. The van der Waals surface area contributed by atoms with Crippen molar-refractivity contribution >= 4 is 28.9 Å². The van der Waals surface area contributed by atoms with Crippen molar-refractivity contribution in [1.29, 1.82) is 0 Å². The smallest absolute Gasteiger partial charge is 0.145 e. The molecule has 1 atom stereocenters. The van der Waals surface area contributed by atoms with Gasteiger partial charge in [0.05, 0.1) is 22.8 Å². The summed E-state index contributed by atoms with van der Waals surface area (Å²) in [6, 6.07) is 9.21. The van der Waals surface area contributed by atoms with Gasteiger partial charge < -0.3 is 9.64 Å². The second-order valence-electron chi connectivity index (χ2n) is 8.43. The zero-order chi connectivity index (χ0) is 22.0. The molecular weight excluding hydrogens is 436 g/mol. The third-order valence-corrected chi connectivity index (χ3v) is 7.34. The molecule has 2 aliphatic rings. The van der Waals surface area contributed by atoms with Crippen LogP contribution in [0.1, 0.15) is 30.5 Å². The third kappa shape index (κ3) is 5.11. The number of fused-ring (bicyclic) bond motifs is 1. The van der Waals surface area contributed by atoms with Crippen molar-refractivity contribution < 1.29 is 9.13 Å². The molecule has 31 heavy (non-hydrogen) atoms. The van der Waals surface area contributed by atoms with E-state index >= 15 is 0 Å². The van der Waals surface area contributed by atoms with Crippen molar-refractivity contribution in [1.82, 2.24) is 9.80 Å². The van der Waals surface area contributed by atoms with Crippen molar-refractivity contribution in [3.63, 3.8) is 0 Å². The maximum atomic E-state index is 13.5. The summed E-state index contributed by atoms with van der Waals surface area (Å²) in [6.45, 7) is 9.35. The summed E-state index contributed by atoms with van der Waals surface area (Å²) < 4.78 is 18.9. The van der Waals surface area contributed by atoms with Crippen molar-refractivity contribution in [2.45, 2.75) is 25.8 Å². The molecule has 1 fully saturated rings. The second kappa shape index (κ2) is 9.95. The largest absolute Gasteiger partial charge is 0.494 e.